The maximum Gasteiger partial charge on any atom is 0.120 e. The number of ether oxygens (including phenoxy) is 1. The van der Waals surface area contributed by atoms with E-state index in [-0.39, 0.29) is 10.3 Å². The topological polar surface area (TPSA) is 15.7 Å². The summed E-state index contributed by atoms with van der Waals surface area (Å²) >= 11 is 6.95. The number of nitrogens with zero attached hydrogens (tertiary/aromatic N) is 2. The summed E-state index contributed by atoms with van der Waals surface area (Å²) < 4.78 is 5.52. The van der Waals surface area contributed by atoms with Gasteiger partial charge in [-0.3, -0.25) is 4.90 Å². The molecule has 1 aromatic rings. The Bertz CT molecular complexity index is 607. The quantitative estimate of drug-likeness (QED) is 0.442. The molecule has 160 valence electrons. The van der Waals surface area contributed by atoms with Gasteiger partial charge < -0.3 is 9.64 Å². The van der Waals surface area contributed by atoms with Gasteiger partial charge in [0.2, 0.25) is 0 Å². The lowest BCUT2D eigenvalue weighted by molar-refractivity contribution is 0.258. The number of alkyl halides is 1. The van der Waals surface area contributed by atoms with Crippen LogP contribution >= 0.6 is 11.6 Å². The van der Waals surface area contributed by atoms with E-state index in [2.05, 4.69) is 62.6 Å². The fourth-order valence-electron chi connectivity index (χ4n) is 4.31. The van der Waals surface area contributed by atoms with Gasteiger partial charge >= 0.3 is 0 Å². The van der Waals surface area contributed by atoms with Crippen LogP contribution in [-0.4, -0.2) is 49.6 Å². The molecule has 1 aromatic carbocycles. The van der Waals surface area contributed by atoms with E-state index in [9.17, 15) is 0 Å². The van der Waals surface area contributed by atoms with E-state index in [1.54, 1.807) is 7.11 Å². The van der Waals surface area contributed by atoms with Crippen molar-refractivity contribution in [2.75, 3.05) is 44.7 Å². The predicted molar refractivity (Wildman–Crippen MR) is 123 cm³/mol. The lowest BCUT2D eigenvalue weighted by Gasteiger charge is -2.37. The lowest BCUT2D eigenvalue weighted by Crippen LogP contribution is -2.46. The van der Waals surface area contributed by atoms with E-state index in [0.29, 0.717) is 0 Å². The van der Waals surface area contributed by atoms with Gasteiger partial charge in [-0.2, -0.15) is 0 Å². The molecule has 1 saturated heterocycles. The molecule has 1 atom stereocenters. The maximum atomic E-state index is 6.95. The number of benzene rings is 1. The van der Waals surface area contributed by atoms with Crippen LogP contribution in [0.4, 0.5) is 5.69 Å². The number of hydrogen-bond acceptors (Lipinski definition) is 3. The van der Waals surface area contributed by atoms with Crippen LogP contribution < -0.4 is 9.64 Å². The molecular weight excluding hydrogens is 368 g/mol. The monoisotopic (exact) mass is 408 g/mol. The van der Waals surface area contributed by atoms with Crippen LogP contribution in [0.15, 0.2) is 18.2 Å². The van der Waals surface area contributed by atoms with Crippen LogP contribution in [0.5, 0.6) is 5.75 Å². The molecule has 3 nitrogen and oxygen atoms in total. The van der Waals surface area contributed by atoms with Gasteiger partial charge in [-0.1, -0.05) is 40.2 Å². The van der Waals surface area contributed by atoms with E-state index in [4.69, 9.17) is 16.3 Å². The first kappa shape index (κ1) is 23.3. The van der Waals surface area contributed by atoms with Crippen molar-refractivity contribution >= 4 is 17.3 Å². The number of piperazine rings is 1. The third kappa shape index (κ3) is 6.84. The van der Waals surface area contributed by atoms with Gasteiger partial charge in [0.1, 0.15) is 5.75 Å². The van der Waals surface area contributed by atoms with E-state index in [1.807, 2.05) is 0 Å². The highest BCUT2D eigenvalue weighted by Crippen LogP contribution is 2.38. The Kier molecular flexibility index (Phi) is 8.51. The van der Waals surface area contributed by atoms with Crippen molar-refractivity contribution < 1.29 is 4.74 Å². The average Bonchev–Trinajstić information content (AvgIpc) is 2.66. The standard InChI is InChI=1S/C24H41ClN2O/c1-7-13-26-14-16-27(17-15-26)22-18-21(28-6)10-9-20(22)11-12-24(5,25)19-23(3,4)8-2/h9-10,18H,7-8,11-17,19H2,1-6H3. The van der Waals surface area contributed by atoms with Gasteiger partial charge in [0.25, 0.3) is 0 Å². The Labute approximate surface area is 178 Å². The summed E-state index contributed by atoms with van der Waals surface area (Å²) in [6, 6.07) is 6.55. The van der Waals surface area contributed by atoms with Crippen LogP contribution in [-0.2, 0) is 6.42 Å². The zero-order chi connectivity index (χ0) is 20.8. The molecule has 2 rings (SSSR count). The second-order valence-corrected chi connectivity index (χ2v) is 10.3. The molecule has 0 aromatic heterocycles. The lowest BCUT2D eigenvalue weighted by atomic mass is 9.79. The Morgan fingerprint density at radius 2 is 1.75 bits per heavy atom. The molecule has 1 heterocycles. The van der Waals surface area contributed by atoms with Crippen molar-refractivity contribution in [3.05, 3.63) is 23.8 Å². The molecule has 4 heteroatoms. The molecule has 0 bridgehead atoms. The predicted octanol–water partition coefficient (Wildman–Crippen LogP) is 5.98. The smallest absolute Gasteiger partial charge is 0.120 e. The summed E-state index contributed by atoms with van der Waals surface area (Å²) in [5, 5.41) is 0. The van der Waals surface area contributed by atoms with E-state index >= 15 is 0 Å². The molecule has 0 saturated carbocycles. The van der Waals surface area contributed by atoms with Crippen LogP contribution in [0.1, 0.15) is 65.9 Å². The molecule has 1 unspecified atom stereocenters. The number of rotatable bonds is 10. The summed E-state index contributed by atoms with van der Waals surface area (Å²) in [6.07, 6.45) is 5.43. The zero-order valence-electron chi connectivity index (χ0n) is 19.0. The van der Waals surface area contributed by atoms with Crippen molar-refractivity contribution in [3.8, 4) is 5.75 Å². The first-order valence-electron chi connectivity index (χ1n) is 11.0. The minimum atomic E-state index is -0.170. The summed E-state index contributed by atoms with van der Waals surface area (Å²) in [5.74, 6) is 0.940. The fourth-order valence-corrected chi connectivity index (χ4v) is 4.77. The Balaban J connectivity index is 2.10. The van der Waals surface area contributed by atoms with Crippen molar-refractivity contribution in [1.29, 1.82) is 0 Å². The maximum absolute atomic E-state index is 6.95. The third-order valence-electron chi connectivity index (χ3n) is 6.27. The SMILES string of the molecule is CCCN1CCN(c2cc(OC)ccc2CCC(C)(Cl)CC(C)(C)CC)CC1. The first-order valence-corrected chi connectivity index (χ1v) is 11.4. The van der Waals surface area contributed by atoms with E-state index in [1.165, 1.54) is 24.2 Å². The molecule has 0 spiro atoms. The molecule has 0 N–H and O–H groups in total. The molecule has 0 aliphatic carbocycles. The third-order valence-corrected chi connectivity index (χ3v) is 6.59. The Morgan fingerprint density at radius 3 is 2.32 bits per heavy atom. The number of anilines is 1. The molecule has 28 heavy (non-hydrogen) atoms. The molecule has 1 fully saturated rings. The fraction of sp³-hybridized carbons (Fsp3) is 0.750. The van der Waals surface area contributed by atoms with Gasteiger partial charge in [0.05, 0.1) is 7.11 Å². The van der Waals surface area contributed by atoms with Crippen LogP contribution in [0.25, 0.3) is 0 Å². The minimum absolute atomic E-state index is 0.170. The molecule has 0 radical (unpaired) electrons. The highest BCUT2D eigenvalue weighted by molar-refractivity contribution is 6.23. The second kappa shape index (κ2) is 10.2. The average molecular weight is 409 g/mol. The summed E-state index contributed by atoms with van der Waals surface area (Å²) in [5.41, 5.74) is 3.01. The summed E-state index contributed by atoms with van der Waals surface area (Å²) in [4.78, 5) is 4.93. The van der Waals surface area contributed by atoms with Crippen molar-refractivity contribution in [1.82, 2.24) is 4.90 Å². The largest absolute Gasteiger partial charge is 0.497 e. The highest BCUT2D eigenvalue weighted by Gasteiger charge is 2.30. The van der Waals surface area contributed by atoms with Gasteiger partial charge in [-0.25, -0.2) is 0 Å². The second-order valence-electron chi connectivity index (χ2n) is 9.43. The Morgan fingerprint density at radius 1 is 1.07 bits per heavy atom. The van der Waals surface area contributed by atoms with Gasteiger partial charge in [0.15, 0.2) is 0 Å². The summed E-state index contributed by atoms with van der Waals surface area (Å²) in [7, 11) is 1.75. The van der Waals surface area contributed by atoms with Crippen molar-refractivity contribution in [2.24, 2.45) is 5.41 Å². The van der Waals surface area contributed by atoms with Crippen LogP contribution in [0.3, 0.4) is 0 Å². The van der Waals surface area contributed by atoms with Crippen molar-refractivity contribution in [3.63, 3.8) is 0 Å². The van der Waals surface area contributed by atoms with Crippen molar-refractivity contribution in [2.45, 2.75) is 71.6 Å². The first-order chi connectivity index (χ1) is 13.2. The molecule has 1 aliphatic rings. The minimum Gasteiger partial charge on any atom is -0.497 e. The number of hydrogen-bond donors (Lipinski definition) is 0. The van der Waals surface area contributed by atoms with Crippen LogP contribution in [0.2, 0.25) is 0 Å². The van der Waals surface area contributed by atoms with Gasteiger partial charge in [-0.05, 0) is 56.2 Å². The molecular formula is C24H41ClN2O. The summed E-state index contributed by atoms with van der Waals surface area (Å²) in [6.45, 7) is 17.0. The van der Waals surface area contributed by atoms with Gasteiger partial charge in [-0.15, -0.1) is 11.6 Å². The Hall–Kier alpha value is -0.930. The van der Waals surface area contributed by atoms with E-state index < -0.39 is 0 Å². The van der Waals surface area contributed by atoms with E-state index in [0.717, 1.165) is 57.6 Å². The van der Waals surface area contributed by atoms with Crippen LogP contribution in [0, 0.1) is 5.41 Å². The molecule has 0 amide bonds. The molecule has 1 aliphatic heterocycles. The number of methoxy groups -OCH3 is 1. The highest BCUT2D eigenvalue weighted by atomic mass is 35.5. The van der Waals surface area contributed by atoms with Gasteiger partial charge in [0, 0.05) is 42.8 Å². The zero-order valence-corrected chi connectivity index (χ0v) is 19.7. The normalized spacial score (nSPS) is 18.2. The number of halogens is 1. The number of aryl methyl sites for hydroxylation is 1.